The first-order valence-corrected chi connectivity index (χ1v) is 7.42. The second kappa shape index (κ2) is 5.78. The summed E-state index contributed by atoms with van der Waals surface area (Å²) in [5, 5.41) is 4.32. The van der Waals surface area contributed by atoms with Crippen LogP contribution in [-0.2, 0) is 0 Å². The Bertz CT molecular complexity index is 648. The van der Waals surface area contributed by atoms with Crippen molar-refractivity contribution in [2.75, 3.05) is 5.32 Å². The van der Waals surface area contributed by atoms with Crippen molar-refractivity contribution in [2.24, 2.45) is 5.73 Å². The van der Waals surface area contributed by atoms with E-state index in [4.69, 9.17) is 17.3 Å². The smallest absolute Gasteiger partial charge is 0.248 e. The van der Waals surface area contributed by atoms with E-state index < -0.39 is 5.91 Å². The van der Waals surface area contributed by atoms with E-state index in [2.05, 4.69) is 11.4 Å². The van der Waals surface area contributed by atoms with E-state index in [1.807, 2.05) is 30.3 Å². The Hall–Kier alpha value is -2.00. The highest BCUT2D eigenvalue weighted by Gasteiger charge is 2.31. The summed E-state index contributed by atoms with van der Waals surface area (Å²) in [5.41, 5.74) is 8.01. The lowest BCUT2D eigenvalue weighted by Crippen LogP contribution is -2.34. The van der Waals surface area contributed by atoms with Gasteiger partial charge in [-0.2, -0.15) is 0 Å². The summed E-state index contributed by atoms with van der Waals surface area (Å²) in [6.07, 6.45) is 2.14. The number of halogens is 1. The lowest BCUT2D eigenvalue weighted by molar-refractivity contribution is 0.100. The van der Waals surface area contributed by atoms with Gasteiger partial charge in [0.2, 0.25) is 5.91 Å². The molecule has 3 N–H and O–H groups in total. The van der Waals surface area contributed by atoms with Crippen LogP contribution in [0.25, 0.3) is 0 Å². The molecule has 108 valence electrons. The molecule has 1 fully saturated rings. The summed E-state index contributed by atoms with van der Waals surface area (Å²) in [4.78, 5) is 11.0. The van der Waals surface area contributed by atoms with E-state index in [1.165, 1.54) is 5.56 Å². The summed E-state index contributed by atoms with van der Waals surface area (Å²) < 4.78 is 0. The maximum absolute atomic E-state index is 11.0. The van der Waals surface area contributed by atoms with E-state index in [1.54, 1.807) is 12.1 Å². The zero-order valence-corrected chi connectivity index (χ0v) is 12.3. The standard InChI is InChI=1S/C17H17ClN2O/c18-16-4-2-1-3-15(16)12-9-14(10-12)20-13-7-5-11(6-8-13)17(19)21/h1-8,12,14,20H,9-10H2,(H2,19,21). The summed E-state index contributed by atoms with van der Waals surface area (Å²) in [7, 11) is 0. The number of rotatable bonds is 4. The molecule has 0 heterocycles. The van der Waals surface area contributed by atoms with E-state index in [0.717, 1.165) is 23.6 Å². The zero-order valence-electron chi connectivity index (χ0n) is 11.6. The average molecular weight is 301 g/mol. The van der Waals surface area contributed by atoms with Crippen LogP contribution >= 0.6 is 11.6 Å². The van der Waals surface area contributed by atoms with Crippen molar-refractivity contribution in [3.8, 4) is 0 Å². The van der Waals surface area contributed by atoms with Crippen molar-refractivity contribution in [1.82, 2.24) is 0 Å². The summed E-state index contributed by atoms with van der Waals surface area (Å²) >= 11 is 6.22. The van der Waals surface area contributed by atoms with E-state index in [9.17, 15) is 4.79 Å². The van der Waals surface area contributed by atoms with Crippen LogP contribution in [0.15, 0.2) is 48.5 Å². The van der Waals surface area contributed by atoms with Crippen LogP contribution in [0.5, 0.6) is 0 Å². The molecule has 2 aromatic carbocycles. The molecule has 0 aromatic heterocycles. The van der Waals surface area contributed by atoms with Crippen LogP contribution in [0, 0.1) is 0 Å². The molecule has 0 saturated heterocycles. The van der Waals surface area contributed by atoms with Gasteiger partial charge in [-0.1, -0.05) is 29.8 Å². The fourth-order valence-corrected chi connectivity index (χ4v) is 3.05. The van der Waals surface area contributed by atoms with Crippen molar-refractivity contribution in [3.63, 3.8) is 0 Å². The van der Waals surface area contributed by atoms with Gasteiger partial charge in [0.15, 0.2) is 0 Å². The molecule has 0 spiro atoms. The quantitative estimate of drug-likeness (QED) is 0.902. The van der Waals surface area contributed by atoms with Gasteiger partial charge in [0.05, 0.1) is 0 Å². The Morgan fingerprint density at radius 2 is 1.76 bits per heavy atom. The monoisotopic (exact) mass is 300 g/mol. The number of hydrogen-bond acceptors (Lipinski definition) is 2. The Kier molecular flexibility index (Phi) is 3.84. The SMILES string of the molecule is NC(=O)c1ccc(NC2CC(c3ccccc3Cl)C2)cc1. The number of anilines is 1. The van der Waals surface area contributed by atoms with Crippen molar-refractivity contribution >= 4 is 23.2 Å². The van der Waals surface area contributed by atoms with Crippen molar-refractivity contribution < 1.29 is 4.79 Å². The third-order valence-electron chi connectivity index (χ3n) is 4.02. The topological polar surface area (TPSA) is 55.1 Å². The molecular formula is C17H17ClN2O. The third kappa shape index (κ3) is 3.03. The molecule has 2 aromatic rings. The maximum atomic E-state index is 11.0. The van der Waals surface area contributed by atoms with Gasteiger partial charge < -0.3 is 11.1 Å². The van der Waals surface area contributed by atoms with Crippen LogP contribution < -0.4 is 11.1 Å². The minimum atomic E-state index is -0.399. The molecule has 0 atom stereocenters. The molecule has 1 saturated carbocycles. The fourth-order valence-electron chi connectivity index (χ4n) is 2.76. The lowest BCUT2D eigenvalue weighted by Gasteiger charge is -2.37. The number of primary amides is 1. The van der Waals surface area contributed by atoms with E-state index in [0.29, 0.717) is 17.5 Å². The third-order valence-corrected chi connectivity index (χ3v) is 4.37. The highest BCUT2D eigenvalue weighted by atomic mass is 35.5. The van der Waals surface area contributed by atoms with Gasteiger partial charge in [0.1, 0.15) is 0 Å². The molecule has 4 heteroatoms. The molecule has 1 aliphatic rings. The number of amides is 1. The van der Waals surface area contributed by atoms with Gasteiger partial charge in [-0.3, -0.25) is 4.79 Å². The molecular weight excluding hydrogens is 284 g/mol. The van der Waals surface area contributed by atoms with Crippen molar-refractivity contribution in [2.45, 2.75) is 24.8 Å². The fraction of sp³-hybridized carbons (Fsp3) is 0.235. The molecule has 1 amide bonds. The van der Waals surface area contributed by atoms with Crippen LogP contribution in [0.3, 0.4) is 0 Å². The van der Waals surface area contributed by atoms with Gasteiger partial charge in [-0.05, 0) is 54.7 Å². The molecule has 3 rings (SSSR count). The first kappa shape index (κ1) is 14.0. The lowest BCUT2D eigenvalue weighted by atomic mass is 9.76. The predicted octanol–water partition coefficient (Wildman–Crippen LogP) is 3.80. The number of carbonyl (C=O) groups is 1. The second-order valence-electron chi connectivity index (χ2n) is 5.47. The number of carbonyl (C=O) groups excluding carboxylic acids is 1. The molecule has 1 aliphatic carbocycles. The number of hydrogen-bond donors (Lipinski definition) is 2. The molecule has 0 unspecified atom stereocenters. The Balaban J connectivity index is 1.57. The average Bonchev–Trinajstić information content (AvgIpc) is 2.44. The highest BCUT2D eigenvalue weighted by molar-refractivity contribution is 6.31. The van der Waals surface area contributed by atoms with Gasteiger partial charge >= 0.3 is 0 Å². The van der Waals surface area contributed by atoms with Crippen LogP contribution in [0.2, 0.25) is 5.02 Å². The summed E-state index contributed by atoms with van der Waals surface area (Å²) in [6.45, 7) is 0. The minimum absolute atomic E-state index is 0.399. The molecule has 21 heavy (non-hydrogen) atoms. The van der Waals surface area contributed by atoms with Gasteiger partial charge in [-0.15, -0.1) is 0 Å². The Morgan fingerprint density at radius 3 is 2.38 bits per heavy atom. The number of benzene rings is 2. The largest absolute Gasteiger partial charge is 0.382 e. The second-order valence-corrected chi connectivity index (χ2v) is 5.88. The normalized spacial score (nSPS) is 20.6. The Labute approximate surface area is 129 Å². The Morgan fingerprint density at radius 1 is 1.10 bits per heavy atom. The maximum Gasteiger partial charge on any atom is 0.248 e. The van der Waals surface area contributed by atoms with Gasteiger partial charge in [-0.25, -0.2) is 0 Å². The van der Waals surface area contributed by atoms with E-state index in [-0.39, 0.29) is 0 Å². The molecule has 3 nitrogen and oxygen atoms in total. The van der Waals surface area contributed by atoms with Crippen LogP contribution in [0.1, 0.15) is 34.7 Å². The first-order chi connectivity index (χ1) is 10.1. The molecule has 0 aliphatic heterocycles. The molecule has 0 bridgehead atoms. The number of nitrogens with two attached hydrogens (primary N) is 1. The van der Waals surface area contributed by atoms with Crippen molar-refractivity contribution in [3.05, 3.63) is 64.7 Å². The first-order valence-electron chi connectivity index (χ1n) is 7.04. The summed E-state index contributed by atoms with van der Waals surface area (Å²) in [6, 6.07) is 15.8. The van der Waals surface area contributed by atoms with E-state index >= 15 is 0 Å². The zero-order chi connectivity index (χ0) is 14.8. The van der Waals surface area contributed by atoms with Gasteiger partial charge in [0.25, 0.3) is 0 Å². The predicted molar refractivity (Wildman–Crippen MR) is 85.8 cm³/mol. The number of nitrogens with one attached hydrogen (secondary N) is 1. The van der Waals surface area contributed by atoms with Crippen LogP contribution in [0.4, 0.5) is 5.69 Å². The minimum Gasteiger partial charge on any atom is -0.382 e. The van der Waals surface area contributed by atoms with Crippen LogP contribution in [-0.4, -0.2) is 11.9 Å². The van der Waals surface area contributed by atoms with Gasteiger partial charge in [0, 0.05) is 22.3 Å². The highest BCUT2D eigenvalue weighted by Crippen LogP contribution is 2.41. The van der Waals surface area contributed by atoms with Crippen molar-refractivity contribution in [1.29, 1.82) is 0 Å². The summed E-state index contributed by atoms with van der Waals surface area (Å²) in [5.74, 6) is 0.130. The molecule has 0 radical (unpaired) electrons.